The molecule has 5 heteroatoms. The Hall–Kier alpha value is -0.770. The van der Waals surface area contributed by atoms with Crippen molar-refractivity contribution >= 4 is 29.1 Å². The molecule has 0 radical (unpaired) electrons. The number of carbonyl (C=O) groups is 1. The minimum atomic E-state index is -0.773. The molecule has 1 rings (SSSR count). The molecule has 0 heterocycles. The van der Waals surface area contributed by atoms with Crippen LogP contribution in [0.15, 0.2) is 18.2 Å². The first kappa shape index (κ1) is 13.3. The van der Waals surface area contributed by atoms with Crippen LogP contribution in [-0.4, -0.2) is 18.0 Å². The van der Waals surface area contributed by atoms with Crippen molar-refractivity contribution < 1.29 is 4.79 Å². The van der Waals surface area contributed by atoms with Crippen LogP contribution in [0.2, 0.25) is 10.0 Å². The van der Waals surface area contributed by atoms with Gasteiger partial charge in [0.1, 0.15) is 0 Å². The van der Waals surface area contributed by atoms with Gasteiger partial charge in [-0.1, -0.05) is 29.3 Å². The topological polar surface area (TPSA) is 46.3 Å². The van der Waals surface area contributed by atoms with E-state index in [-0.39, 0.29) is 5.91 Å². The maximum Gasteiger partial charge on any atom is 0.246 e. The molecule has 16 heavy (non-hydrogen) atoms. The molecule has 0 bridgehead atoms. The predicted molar refractivity (Wildman–Crippen MR) is 66.4 cm³/mol. The highest BCUT2D eigenvalue weighted by atomic mass is 35.5. The van der Waals surface area contributed by atoms with Crippen LogP contribution in [0.1, 0.15) is 19.4 Å². The van der Waals surface area contributed by atoms with Gasteiger partial charge in [0.25, 0.3) is 0 Å². The van der Waals surface area contributed by atoms with Crippen molar-refractivity contribution in [2.24, 2.45) is 5.84 Å². The number of halogens is 2. The van der Waals surface area contributed by atoms with Crippen molar-refractivity contribution in [1.29, 1.82) is 0 Å². The second kappa shape index (κ2) is 4.62. The maximum atomic E-state index is 11.9. The molecular weight excluding hydrogens is 247 g/mol. The van der Waals surface area contributed by atoms with E-state index < -0.39 is 5.41 Å². The van der Waals surface area contributed by atoms with Gasteiger partial charge in [-0.05, 0) is 31.5 Å². The highest BCUT2D eigenvalue weighted by molar-refractivity contribution is 6.35. The maximum absolute atomic E-state index is 11.9. The largest absolute Gasteiger partial charge is 0.283 e. The van der Waals surface area contributed by atoms with Gasteiger partial charge in [0, 0.05) is 17.1 Å². The molecular formula is C11H14Cl2N2O. The first-order chi connectivity index (χ1) is 7.26. The second-order valence-electron chi connectivity index (χ2n) is 4.17. The molecule has 88 valence electrons. The molecule has 1 aromatic rings. The summed E-state index contributed by atoms with van der Waals surface area (Å²) in [6.45, 7) is 3.54. The second-order valence-corrected chi connectivity index (χ2v) is 5.01. The Labute approximate surface area is 105 Å². The van der Waals surface area contributed by atoms with Crippen molar-refractivity contribution in [3.8, 4) is 0 Å². The predicted octanol–water partition coefficient (Wildman–Crippen LogP) is 2.60. The Balaban J connectivity index is 3.21. The Morgan fingerprint density at radius 3 is 2.38 bits per heavy atom. The minimum Gasteiger partial charge on any atom is -0.283 e. The van der Waals surface area contributed by atoms with E-state index in [0.29, 0.717) is 15.6 Å². The lowest BCUT2D eigenvalue weighted by Gasteiger charge is -2.28. The van der Waals surface area contributed by atoms with Crippen LogP contribution < -0.4 is 5.84 Å². The van der Waals surface area contributed by atoms with E-state index in [0.717, 1.165) is 5.01 Å². The van der Waals surface area contributed by atoms with Crippen LogP contribution in [0.3, 0.4) is 0 Å². The molecule has 0 saturated heterocycles. The number of hydrogen-bond acceptors (Lipinski definition) is 2. The number of nitrogens with two attached hydrogens (primary N) is 1. The molecule has 1 aromatic carbocycles. The molecule has 0 aliphatic carbocycles. The summed E-state index contributed by atoms with van der Waals surface area (Å²) >= 11 is 11.9. The van der Waals surface area contributed by atoms with E-state index in [1.165, 1.54) is 7.05 Å². The van der Waals surface area contributed by atoms with Gasteiger partial charge in [0.2, 0.25) is 5.91 Å². The van der Waals surface area contributed by atoms with Gasteiger partial charge in [-0.15, -0.1) is 0 Å². The van der Waals surface area contributed by atoms with Crippen molar-refractivity contribution in [1.82, 2.24) is 5.01 Å². The summed E-state index contributed by atoms with van der Waals surface area (Å²) < 4.78 is 0. The third kappa shape index (κ3) is 2.48. The number of amides is 1. The quantitative estimate of drug-likeness (QED) is 0.505. The van der Waals surface area contributed by atoms with E-state index >= 15 is 0 Å². The Kier molecular flexibility index (Phi) is 3.84. The average Bonchev–Trinajstić information content (AvgIpc) is 2.15. The molecule has 0 atom stereocenters. The van der Waals surface area contributed by atoms with E-state index in [2.05, 4.69) is 0 Å². The van der Waals surface area contributed by atoms with Crippen molar-refractivity contribution in [2.45, 2.75) is 19.3 Å². The van der Waals surface area contributed by atoms with Gasteiger partial charge in [-0.25, -0.2) is 5.84 Å². The number of carbonyl (C=O) groups excluding carboxylic acids is 1. The zero-order valence-electron chi connectivity index (χ0n) is 9.42. The van der Waals surface area contributed by atoms with E-state index in [9.17, 15) is 4.79 Å². The van der Waals surface area contributed by atoms with Crippen LogP contribution in [0.25, 0.3) is 0 Å². The van der Waals surface area contributed by atoms with Crippen molar-refractivity contribution in [2.75, 3.05) is 7.05 Å². The van der Waals surface area contributed by atoms with Gasteiger partial charge in [0.05, 0.1) is 5.41 Å². The SMILES string of the molecule is CN(N)C(=O)C(C)(C)c1ccc(Cl)cc1Cl. The van der Waals surface area contributed by atoms with Gasteiger partial charge in [-0.2, -0.15) is 0 Å². The zero-order chi connectivity index (χ0) is 12.5. The third-order valence-electron chi connectivity index (χ3n) is 2.46. The lowest BCUT2D eigenvalue weighted by molar-refractivity contribution is -0.135. The first-order valence-electron chi connectivity index (χ1n) is 4.75. The fourth-order valence-electron chi connectivity index (χ4n) is 1.55. The number of likely N-dealkylation sites (N-methyl/N-ethyl adjacent to an activating group) is 1. The van der Waals surface area contributed by atoms with E-state index in [1.807, 2.05) is 0 Å². The van der Waals surface area contributed by atoms with Gasteiger partial charge in [-0.3, -0.25) is 9.80 Å². The number of nitrogens with zero attached hydrogens (tertiary/aromatic N) is 1. The highest BCUT2D eigenvalue weighted by Crippen LogP contribution is 2.32. The number of hydrazine groups is 1. The summed E-state index contributed by atoms with van der Waals surface area (Å²) in [7, 11) is 1.51. The molecule has 0 spiro atoms. The fourth-order valence-corrected chi connectivity index (χ4v) is 2.20. The summed E-state index contributed by atoms with van der Waals surface area (Å²) in [6, 6.07) is 5.06. The lowest BCUT2D eigenvalue weighted by Crippen LogP contribution is -2.45. The Bertz CT molecular complexity index is 416. The molecule has 0 saturated carbocycles. The molecule has 0 aromatic heterocycles. The molecule has 2 N–H and O–H groups in total. The van der Waals surface area contributed by atoms with Gasteiger partial charge < -0.3 is 0 Å². The van der Waals surface area contributed by atoms with Crippen molar-refractivity contribution in [3.63, 3.8) is 0 Å². The minimum absolute atomic E-state index is 0.211. The molecule has 3 nitrogen and oxygen atoms in total. The van der Waals surface area contributed by atoms with Crippen LogP contribution >= 0.6 is 23.2 Å². The fraction of sp³-hybridized carbons (Fsp3) is 0.364. The summed E-state index contributed by atoms with van der Waals surface area (Å²) in [5.41, 5.74) is -0.0635. The van der Waals surface area contributed by atoms with Crippen LogP contribution in [0.5, 0.6) is 0 Å². The smallest absolute Gasteiger partial charge is 0.246 e. The standard InChI is InChI=1S/C11H14Cl2N2O/c1-11(2,10(16)15(3)14)8-5-4-7(12)6-9(8)13/h4-6H,14H2,1-3H3. The Morgan fingerprint density at radius 1 is 1.38 bits per heavy atom. The number of rotatable bonds is 2. The summed E-state index contributed by atoms with van der Waals surface area (Å²) in [4.78, 5) is 11.9. The van der Waals surface area contributed by atoms with Crippen molar-refractivity contribution in [3.05, 3.63) is 33.8 Å². The van der Waals surface area contributed by atoms with Gasteiger partial charge >= 0.3 is 0 Å². The molecule has 0 aliphatic heterocycles. The molecule has 1 amide bonds. The molecule has 0 fully saturated rings. The number of hydrogen-bond donors (Lipinski definition) is 1. The normalized spacial score (nSPS) is 11.4. The summed E-state index contributed by atoms with van der Waals surface area (Å²) in [5, 5.41) is 2.07. The first-order valence-corrected chi connectivity index (χ1v) is 5.51. The van der Waals surface area contributed by atoms with Gasteiger partial charge in [0.15, 0.2) is 0 Å². The Morgan fingerprint density at radius 2 is 1.94 bits per heavy atom. The third-order valence-corrected chi connectivity index (χ3v) is 3.01. The molecule has 0 unspecified atom stereocenters. The zero-order valence-corrected chi connectivity index (χ0v) is 10.9. The van der Waals surface area contributed by atoms with E-state index in [1.54, 1.807) is 32.0 Å². The summed E-state index contributed by atoms with van der Waals surface area (Å²) in [6.07, 6.45) is 0. The highest BCUT2D eigenvalue weighted by Gasteiger charge is 2.33. The average molecular weight is 261 g/mol. The van der Waals surface area contributed by atoms with E-state index in [4.69, 9.17) is 29.0 Å². The monoisotopic (exact) mass is 260 g/mol. The van der Waals surface area contributed by atoms with Crippen LogP contribution in [-0.2, 0) is 10.2 Å². The lowest BCUT2D eigenvalue weighted by atomic mass is 9.83. The summed E-state index contributed by atoms with van der Waals surface area (Å²) in [5.74, 6) is 5.24. The van der Waals surface area contributed by atoms with Crippen LogP contribution in [0, 0.1) is 0 Å². The van der Waals surface area contributed by atoms with Crippen LogP contribution in [0.4, 0.5) is 0 Å². The molecule has 0 aliphatic rings. The number of benzene rings is 1.